The molecule has 1 aliphatic carbocycles. The first-order valence-corrected chi connectivity index (χ1v) is 4.40. The van der Waals surface area contributed by atoms with Gasteiger partial charge in [0, 0.05) is 12.5 Å². The molecular formula is C9H17NO2. The highest BCUT2D eigenvalue weighted by molar-refractivity contribution is 5.81. The molecule has 0 spiro atoms. The van der Waals surface area contributed by atoms with Crippen molar-refractivity contribution in [3.8, 4) is 0 Å². The van der Waals surface area contributed by atoms with Crippen LogP contribution >= 0.6 is 0 Å². The first-order valence-electron chi connectivity index (χ1n) is 4.40. The summed E-state index contributed by atoms with van der Waals surface area (Å²) >= 11 is 0. The number of aliphatic hydroxyl groups is 1. The Hall–Kier alpha value is -0.570. The first kappa shape index (κ1) is 9.52. The molecule has 0 bridgehead atoms. The second-order valence-corrected chi connectivity index (χ2v) is 4.35. The summed E-state index contributed by atoms with van der Waals surface area (Å²) in [7, 11) is 0. The average Bonchev–Trinajstić information content (AvgIpc) is 2.60. The predicted molar refractivity (Wildman–Crippen MR) is 46.6 cm³/mol. The predicted octanol–water partition coefficient (Wildman–Crippen LogP) is 0.529. The topological polar surface area (TPSA) is 49.3 Å². The van der Waals surface area contributed by atoms with Crippen molar-refractivity contribution in [1.82, 2.24) is 5.32 Å². The number of hydrogen-bond donors (Lipinski definition) is 2. The SMILES string of the molecule is C[C@H]1C[C@@H]1C(=O)NCC(C)(C)O. The van der Waals surface area contributed by atoms with E-state index in [4.69, 9.17) is 0 Å². The van der Waals surface area contributed by atoms with E-state index in [2.05, 4.69) is 12.2 Å². The summed E-state index contributed by atoms with van der Waals surface area (Å²) in [6, 6.07) is 0. The van der Waals surface area contributed by atoms with E-state index in [1.165, 1.54) is 0 Å². The molecule has 0 aliphatic heterocycles. The Morgan fingerprint density at radius 2 is 2.17 bits per heavy atom. The van der Waals surface area contributed by atoms with Gasteiger partial charge < -0.3 is 10.4 Å². The van der Waals surface area contributed by atoms with E-state index in [-0.39, 0.29) is 11.8 Å². The van der Waals surface area contributed by atoms with Crippen LogP contribution in [-0.4, -0.2) is 23.2 Å². The number of amides is 1. The second kappa shape index (κ2) is 3.05. The van der Waals surface area contributed by atoms with Crippen LogP contribution in [0.4, 0.5) is 0 Å². The van der Waals surface area contributed by atoms with Gasteiger partial charge in [0.05, 0.1) is 5.60 Å². The molecule has 0 aromatic heterocycles. The van der Waals surface area contributed by atoms with Gasteiger partial charge in [0.25, 0.3) is 0 Å². The third-order valence-corrected chi connectivity index (χ3v) is 2.14. The zero-order chi connectivity index (χ0) is 9.35. The Bertz CT molecular complexity index is 183. The van der Waals surface area contributed by atoms with E-state index in [1.807, 2.05) is 0 Å². The Labute approximate surface area is 73.2 Å². The largest absolute Gasteiger partial charge is 0.389 e. The van der Waals surface area contributed by atoms with Gasteiger partial charge in [-0.05, 0) is 26.2 Å². The summed E-state index contributed by atoms with van der Waals surface area (Å²) in [4.78, 5) is 11.2. The molecule has 2 atom stereocenters. The van der Waals surface area contributed by atoms with E-state index in [0.29, 0.717) is 12.5 Å². The summed E-state index contributed by atoms with van der Waals surface area (Å²) in [5, 5.41) is 12.0. The molecule has 1 saturated carbocycles. The van der Waals surface area contributed by atoms with E-state index < -0.39 is 5.60 Å². The summed E-state index contributed by atoms with van der Waals surface area (Å²) in [5.41, 5.74) is -0.798. The maximum atomic E-state index is 11.2. The van der Waals surface area contributed by atoms with E-state index >= 15 is 0 Å². The minimum Gasteiger partial charge on any atom is -0.389 e. The molecule has 0 aromatic carbocycles. The average molecular weight is 171 g/mol. The molecule has 70 valence electrons. The highest BCUT2D eigenvalue weighted by Crippen LogP contribution is 2.37. The molecule has 1 aliphatic rings. The van der Waals surface area contributed by atoms with Crippen LogP contribution in [0.25, 0.3) is 0 Å². The van der Waals surface area contributed by atoms with E-state index in [1.54, 1.807) is 13.8 Å². The fourth-order valence-corrected chi connectivity index (χ4v) is 1.12. The molecular weight excluding hydrogens is 154 g/mol. The van der Waals surface area contributed by atoms with E-state index in [0.717, 1.165) is 6.42 Å². The summed E-state index contributed by atoms with van der Waals surface area (Å²) in [6.07, 6.45) is 0.998. The number of rotatable bonds is 3. The third kappa shape index (κ3) is 2.81. The van der Waals surface area contributed by atoms with Gasteiger partial charge in [-0.1, -0.05) is 6.92 Å². The first-order chi connectivity index (χ1) is 5.40. The zero-order valence-electron chi connectivity index (χ0n) is 7.92. The Kier molecular flexibility index (Phi) is 2.42. The van der Waals surface area contributed by atoms with Crippen LogP contribution in [0.5, 0.6) is 0 Å². The van der Waals surface area contributed by atoms with Crippen LogP contribution in [0, 0.1) is 11.8 Å². The van der Waals surface area contributed by atoms with Gasteiger partial charge in [-0.3, -0.25) is 4.79 Å². The van der Waals surface area contributed by atoms with Crippen molar-refractivity contribution in [3.63, 3.8) is 0 Å². The molecule has 0 heterocycles. The van der Waals surface area contributed by atoms with Gasteiger partial charge in [0.1, 0.15) is 0 Å². The Morgan fingerprint density at radius 1 is 1.67 bits per heavy atom. The maximum Gasteiger partial charge on any atom is 0.223 e. The molecule has 0 unspecified atom stereocenters. The molecule has 0 radical (unpaired) electrons. The summed E-state index contributed by atoms with van der Waals surface area (Å²) in [6.45, 7) is 5.77. The Morgan fingerprint density at radius 3 is 2.50 bits per heavy atom. The van der Waals surface area contributed by atoms with Crippen LogP contribution < -0.4 is 5.32 Å². The highest BCUT2D eigenvalue weighted by Gasteiger charge is 2.39. The van der Waals surface area contributed by atoms with Crippen molar-refractivity contribution in [3.05, 3.63) is 0 Å². The fourth-order valence-electron chi connectivity index (χ4n) is 1.12. The van der Waals surface area contributed by atoms with Crippen molar-refractivity contribution in [2.75, 3.05) is 6.54 Å². The molecule has 1 fully saturated rings. The number of hydrogen-bond acceptors (Lipinski definition) is 2. The van der Waals surface area contributed by atoms with Crippen LogP contribution in [0.3, 0.4) is 0 Å². The normalized spacial score (nSPS) is 28.3. The van der Waals surface area contributed by atoms with Gasteiger partial charge in [-0.15, -0.1) is 0 Å². The van der Waals surface area contributed by atoms with Crippen molar-refractivity contribution in [2.45, 2.75) is 32.8 Å². The van der Waals surface area contributed by atoms with Crippen LogP contribution in [0.1, 0.15) is 27.2 Å². The van der Waals surface area contributed by atoms with Crippen molar-refractivity contribution in [1.29, 1.82) is 0 Å². The van der Waals surface area contributed by atoms with Crippen LogP contribution in [-0.2, 0) is 4.79 Å². The summed E-state index contributed by atoms with van der Waals surface area (Å²) in [5.74, 6) is 0.823. The van der Waals surface area contributed by atoms with Gasteiger partial charge in [-0.25, -0.2) is 0 Å². The highest BCUT2D eigenvalue weighted by atomic mass is 16.3. The molecule has 3 heteroatoms. The molecule has 1 amide bonds. The lowest BCUT2D eigenvalue weighted by Gasteiger charge is -2.17. The standard InChI is InChI=1S/C9H17NO2/c1-6-4-7(6)8(11)10-5-9(2,3)12/h6-7,12H,4-5H2,1-3H3,(H,10,11)/t6-,7-/m0/s1. The van der Waals surface area contributed by atoms with Gasteiger partial charge in [0.2, 0.25) is 5.91 Å². The minimum atomic E-state index is -0.798. The third-order valence-electron chi connectivity index (χ3n) is 2.14. The smallest absolute Gasteiger partial charge is 0.223 e. The van der Waals surface area contributed by atoms with Gasteiger partial charge in [-0.2, -0.15) is 0 Å². The second-order valence-electron chi connectivity index (χ2n) is 4.35. The fraction of sp³-hybridized carbons (Fsp3) is 0.889. The van der Waals surface area contributed by atoms with Crippen molar-refractivity contribution >= 4 is 5.91 Å². The number of carbonyl (C=O) groups excluding carboxylic acids is 1. The van der Waals surface area contributed by atoms with Crippen LogP contribution in [0.15, 0.2) is 0 Å². The number of nitrogens with one attached hydrogen (secondary N) is 1. The molecule has 0 saturated heterocycles. The quantitative estimate of drug-likeness (QED) is 0.650. The lowest BCUT2D eigenvalue weighted by atomic mass is 10.1. The van der Waals surface area contributed by atoms with Gasteiger partial charge in [0.15, 0.2) is 0 Å². The van der Waals surface area contributed by atoms with Gasteiger partial charge >= 0.3 is 0 Å². The maximum absolute atomic E-state index is 11.2. The van der Waals surface area contributed by atoms with Crippen LogP contribution in [0.2, 0.25) is 0 Å². The summed E-state index contributed by atoms with van der Waals surface area (Å²) < 4.78 is 0. The molecule has 3 nitrogen and oxygen atoms in total. The van der Waals surface area contributed by atoms with Crippen molar-refractivity contribution in [2.24, 2.45) is 11.8 Å². The molecule has 1 rings (SSSR count). The van der Waals surface area contributed by atoms with E-state index in [9.17, 15) is 9.90 Å². The molecule has 0 aromatic rings. The monoisotopic (exact) mass is 171 g/mol. The lowest BCUT2D eigenvalue weighted by Crippen LogP contribution is -2.39. The van der Waals surface area contributed by atoms with Crippen molar-refractivity contribution < 1.29 is 9.90 Å². The minimum absolute atomic E-state index is 0.0876. The zero-order valence-corrected chi connectivity index (χ0v) is 7.92. The Balaban J connectivity index is 2.20. The lowest BCUT2D eigenvalue weighted by molar-refractivity contribution is -0.123. The molecule has 2 N–H and O–H groups in total. The molecule has 12 heavy (non-hydrogen) atoms. The number of carbonyl (C=O) groups is 1.